The van der Waals surface area contributed by atoms with Crippen LogP contribution in [-0.4, -0.2) is 35.6 Å². The minimum atomic E-state index is 0.598. The summed E-state index contributed by atoms with van der Waals surface area (Å²) >= 11 is 0. The molecule has 98 valence electrons. The highest BCUT2D eigenvalue weighted by Gasteiger charge is 2.03. The van der Waals surface area contributed by atoms with Crippen LogP contribution >= 0.6 is 0 Å². The van der Waals surface area contributed by atoms with Crippen molar-refractivity contribution in [3.05, 3.63) is 24.0 Å². The van der Waals surface area contributed by atoms with Crippen LogP contribution in [0.25, 0.3) is 0 Å². The molecule has 0 aliphatic heterocycles. The van der Waals surface area contributed by atoms with Crippen LogP contribution in [0.5, 0.6) is 0 Å². The van der Waals surface area contributed by atoms with E-state index in [4.69, 9.17) is 0 Å². The molecule has 1 atom stereocenters. The molecule has 0 aliphatic carbocycles. The molecule has 0 amide bonds. The van der Waals surface area contributed by atoms with E-state index in [9.17, 15) is 0 Å². The quantitative estimate of drug-likeness (QED) is 0.692. The average Bonchev–Trinajstić information content (AvgIpc) is 2.85. The molecule has 0 fully saturated rings. The summed E-state index contributed by atoms with van der Waals surface area (Å²) < 4.78 is 0. The molecule has 3 nitrogen and oxygen atoms in total. The third kappa shape index (κ3) is 5.89. The third-order valence-corrected chi connectivity index (χ3v) is 3.32. The topological polar surface area (TPSA) is 31.1 Å². The molecule has 0 saturated carbocycles. The van der Waals surface area contributed by atoms with Gasteiger partial charge >= 0.3 is 0 Å². The molecular formula is C14H27N3. The van der Waals surface area contributed by atoms with E-state index in [1.54, 1.807) is 0 Å². The van der Waals surface area contributed by atoms with Crippen LogP contribution in [0, 0.1) is 0 Å². The van der Waals surface area contributed by atoms with E-state index in [-0.39, 0.29) is 0 Å². The lowest BCUT2D eigenvalue weighted by atomic mass is 10.1. The van der Waals surface area contributed by atoms with E-state index in [2.05, 4.69) is 48.2 Å². The van der Waals surface area contributed by atoms with Crippen molar-refractivity contribution in [2.45, 2.75) is 46.2 Å². The Hall–Kier alpha value is -0.800. The Bertz CT molecular complexity index is 265. The Labute approximate surface area is 106 Å². The first-order valence-corrected chi connectivity index (χ1v) is 6.83. The molecule has 0 bridgehead atoms. The molecule has 2 N–H and O–H groups in total. The zero-order valence-electron chi connectivity index (χ0n) is 11.5. The Balaban J connectivity index is 2.06. The number of rotatable bonds is 9. The summed E-state index contributed by atoms with van der Waals surface area (Å²) in [5.74, 6) is 0. The summed E-state index contributed by atoms with van der Waals surface area (Å²) in [4.78, 5) is 5.57. The van der Waals surface area contributed by atoms with Gasteiger partial charge in [-0.15, -0.1) is 0 Å². The van der Waals surface area contributed by atoms with Gasteiger partial charge in [-0.2, -0.15) is 0 Å². The van der Waals surface area contributed by atoms with Gasteiger partial charge in [0, 0.05) is 25.0 Å². The van der Waals surface area contributed by atoms with Gasteiger partial charge in [-0.1, -0.05) is 13.8 Å². The maximum absolute atomic E-state index is 3.56. The minimum absolute atomic E-state index is 0.598. The molecule has 0 aliphatic rings. The van der Waals surface area contributed by atoms with Crippen molar-refractivity contribution in [2.75, 3.05) is 19.6 Å². The first-order chi connectivity index (χ1) is 8.26. The molecule has 0 spiro atoms. The van der Waals surface area contributed by atoms with Gasteiger partial charge in [0.2, 0.25) is 0 Å². The number of nitrogens with zero attached hydrogens (tertiary/aromatic N) is 1. The maximum atomic E-state index is 3.56. The van der Waals surface area contributed by atoms with Gasteiger partial charge in [-0.3, -0.25) is 0 Å². The van der Waals surface area contributed by atoms with E-state index < -0.39 is 0 Å². The third-order valence-electron chi connectivity index (χ3n) is 3.32. The predicted octanol–water partition coefficient (Wildman–Crippen LogP) is 2.61. The number of hydrogen-bond donors (Lipinski definition) is 2. The number of aromatic amines is 1. The smallest absolute Gasteiger partial charge is 0.0222 e. The Kier molecular flexibility index (Phi) is 6.97. The molecular weight excluding hydrogens is 210 g/mol. The molecule has 0 radical (unpaired) electrons. The average molecular weight is 237 g/mol. The van der Waals surface area contributed by atoms with E-state index in [1.165, 1.54) is 38.0 Å². The van der Waals surface area contributed by atoms with Crippen molar-refractivity contribution >= 4 is 0 Å². The highest BCUT2D eigenvalue weighted by molar-refractivity contribution is 5.07. The lowest BCUT2D eigenvalue weighted by Gasteiger charge is -2.19. The largest absolute Gasteiger partial charge is 0.367 e. The number of hydrogen-bond acceptors (Lipinski definition) is 2. The highest BCUT2D eigenvalue weighted by Crippen LogP contribution is 2.02. The van der Waals surface area contributed by atoms with Crippen molar-refractivity contribution in [1.29, 1.82) is 0 Å². The van der Waals surface area contributed by atoms with Crippen molar-refractivity contribution in [1.82, 2.24) is 15.2 Å². The molecule has 1 unspecified atom stereocenters. The van der Waals surface area contributed by atoms with Crippen molar-refractivity contribution < 1.29 is 0 Å². The van der Waals surface area contributed by atoms with Gasteiger partial charge in [0.25, 0.3) is 0 Å². The molecule has 0 aromatic carbocycles. The number of H-pyrrole nitrogens is 1. The fourth-order valence-electron chi connectivity index (χ4n) is 2.02. The Morgan fingerprint density at radius 2 is 2.12 bits per heavy atom. The second-order valence-electron chi connectivity index (χ2n) is 4.67. The Morgan fingerprint density at radius 3 is 2.71 bits per heavy atom. The van der Waals surface area contributed by atoms with Crippen molar-refractivity contribution in [3.8, 4) is 0 Å². The molecule has 17 heavy (non-hydrogen) atoms. The van der Waals surface area contributed by atoms with Crippen LogP contribution in [0.15, 0.2) is 18.5 Å². The van der Waals surface area contributed by atoms with Crippen LogP contribution in [0.4, 0.5) is 0 Å². The molecule has 1 aromatic rings. The lowest BCUT2D eigenvalue weighted by molar-refractivity contribution is 0.290. The summed E-state index contributed by atoms with van der Waals surface area (Å²) in [5, 5.41) is 3.56. The summed E-state index contributed by atoms with van der Waals surface area (Å²) in [6, 6.07) is 2.72. The molecule has 1 heterocycles. The summed E-state index contributed by atoms with van der Waals surface area (Å²) in [7, 11) is 0. The van der Waals surface area contributed by atoms with E-state index >= 15 is 0 Å². The van der Waals surface area contributed by atoms with Crippen LogP contribution in [0.1, 0.15) is 39.2 Å². The molecule has 0 saturated heterocycles. The second kappa shape index (κ2) is 8.31. The minimum Gasteiger partial charge on any atom is -0.367 e. The number of aromatic nitrogens is 1. The fraction of sp³-hybridized carbons (Fsp3) is 0.714. The maximum Gasteiger partial charge on any atom is 0.0222 e. The number of nitrogens with one attached hydrogen (secondary N) is 2. The summed E-state index contributed by atoms with van der Waals surface area (Å²) in [5.41, 5.74) is 1.33. The molecule has 1 aromatic heterocycles. The normalized spacial score (nSPS) is 13.2. The summed E-state index contributed by atoms with van der Waals surface area (Å²) in [6.07, 6.45) is 6.56. The van der Waals surface area contributed by atoms with E-state index in [0.29, 0.717) is 6.04 Å². The first kappa shape index (κ1) is 14.3. The predicted molar refractivity (Wildman–Crippen MR) is 74.1 cm³/mol. The van der Waals surface area contributed by atoms with Crippen LogP contribution in [0.3, 0.4) is 0 Å². The van der Waals surface area contributed by atoms with Crippen LogP contribution in [0.2, 0.25) is 0 Å². The van der Waals surface area contributed by atoms with Gasteiger partial charge in [0.05, 0.1) is 0 Å². The lowest BCUT2D eigenvalue weighted by Crippen LogP contribution is -2.28. The van der Waals surface area contributed by atoms with Gasteiger partial charge in [0.15, 0.2) is 0 Å². The zero-order chi connectivity index (χ0) is 12.5. The molecule has 3 heteroatoms. The van der Waals surface area contributed by atoms with Gasteiger partial charge < -0.3 is 15.2 Å². The van der Waals surface area contributed by atoms with Crippen molar-refractivity contribution in [2.24, 2.45) is 0 Å². The van der Waals surface area contributed by atoms with Crippen LogP contribution in [-0.2, 0) is 6.54 Å². The SMILES string of the molecule is CCN(CC)CCCC(C)NCc1cc[nH]c1. The zero-order valence-corrected chi connectivity index (χ0v) is 11.5. The monoisotopic (exact) mass is 237 g/mol. The highest BCUT2D eigenvalue weighted by atomic mass is 15.1. The second-order valence-corrected chi connectivity index (χ2v) is 4.67. The standard InChI is InChI=1S/C14H27N3/c1-4-17(5-2)10-6-7-13(3)16-12-14-8-9-15-11-14/h8-9,11,13,15-16H,4-7,10,12H2,1-3H3. The van der Waals surface area contributed by atoms with Gasteiger partial charge in [0.1, 0.15) is 0 Å². The fourth-order valence-corrected chi connectivity index (χ4v) is 2.02. The Morgan fingerprint density at radius 1 is 1.35 bits per heavy atom. The summed E-state index contributed by atoms with van der Waals surface area (Å²) in [6.45, 7) is 11.3. The van der Waals surface area contributed by atoms with Crippen molar-refractivity contribution in [3.63, 3.8) is 0 Å². The van der Waals surface area contributed by atoms with Gasteiger partial charge in [-0.25, -0.2) is 0 Å². The van der Waals surface area contributed by atoms with E-state index in [0.717, 1.165) is 6.54 Å². The first-order valence-electron chi connectivity index (χ1n) is 6.83. The van der Waals surface area contributed by atoms with E-state index in [1.807, 2.05) is 6.20 Å². The van der Waals surface area contributed by atoms with Crippen LogP contribution < -0.4 is 5.32 Å². The van der Waals surface area contributed by atoms with Gasteiger partial charge in [-0.05, 0) is 51.0 Å². The molecule has 1 rings (SSSR count).